The van der Waals surface area contributed by atoms with Crippen LogP contribution in [0.2, 0.25) is 5.02 Å². The first-order chi connectivity index (χ1) is 19.7. The van der Waals surface area contributed by atoms with E-state index in [1.165, 1.54) is 10.6 Å². The lowest BCUT2D eigenvalue weighted by molar-refractivity contribution is -0.133. The Hall–Kier alpha value is -2.67. The number of carbonyl (C=O) groups excluding carboxylic acids is 2. The molecule has 42 heavy (non-hydrogen) atoms. The standard InChI is InChI=1S/C29H39ClN4O6S2/c1-21-6-4-9-25(41(2,37)38)20-26(31-29(36)23-7-5-8-24(30)19-23)28(21)33-12-10-22(11-13-33)18-27(35)32-14-16-34(17-15-32)42(3,39)40/h5,7-9,19-20,22H,4,6,10-18H2,1-3H3,(H,31,36). The summed E-state index contributed by atoms with van der Waals surface area (Å²) >= 11 is 6.11. The predicted molar refractivity (Wildman–Crippen MR) is 164 cm³/mol. The van der Waals surface area contributed by atoms with Crippen molar-refractivity contribution in [2.24, 2.45) is 5.92 Å². The first-order valence-electron chi connectivity index (χ1n) is 14.1. The van der Waals surface area contributed by atoms with E-state index < -0.39 is 19.9 Å². The molecule has 3 aliphatic rings. The van der Waals surface area contributed by atoms with Gasteiger partial charge in [0, 0.05) is 62.5 Å². The van der Waals surface area contributed by atoms with Crippen molar-refractivity contribution in [1.82, 2.24) is 19.4 Å². The van der Waals surface area contributed by atoms with Gasteiger partial charge in [0.25, 0.3) is 5.91 Å². The van der Waals surface area contributed by atoms with Crippen LogP contribution >= 0.6 is 11.6 Å². The number of hydrogen-bond acceptors (Lipinski definition) is 7. The molecule has 2 heterocycles. The third-order valence-corrected chi connectivity index (χ3v) is 10.7. The second-order valence-electron chi connectivity index (χ2n) is 11.2. The number of piperazine rings is 1. The normalized spacial score (nSPS) is 20.0. The van der Waals surface area contributed by atoms with E-state index in [0.29, 0.717) is 74.8 Å². The summed E-state index contributed by atoms with van der Waals surface area (Å²) < 4.78 is 50.1. The quantitative estimate of drug-likeness (QED) is 0.487. The molecule has 0 radical (unpaired) electrons. The summed E-state index contributed by atoms with van der Waals surface area (Å²) in [5.41, 5.74) is 2.63. The van der Waals surface area contributed by atoms with Crippen molar-refractivity contribution in [2.75, 3.05) is 51.8 Å². The van der Waals surface area contributed by atoms with Gasteiger partial charge in [-0.2, -0.15) is 4.31 Å². The number of piperidine rings is 1. The van der Waals surface area contributed by atoms with Gasteiger partial charge in [0.05, 0.1) is 22.6 Å². The zero-order chi connectivity index (χ0) is 30.7. The van der Waals surface area contributed by atoms with Crippen molar-refractivity contribution in [3.63, 3.8) is 0 Å². The van der Waals surface area contributed by atoms with Crippen LogP contribution in [0.5, 0.6) is 0 Å². The van der Waals surface area contributed by atoms with Crippen LogP contribution in [0.25, 0.3) is 0 Å². The number of sulfonamides is 1. The summed E-state index contributed by atoms with van der Waals surface area (Å²) in [5.74, 6) is -0.171. The van der Waals surface area contributed by atoms with Gasteiger partial charge in [-0.05, 0) is 68.4 Å². The summed E-state index contributed by atoms with van der Waals surface area (Å²) in [4.78, 5) is 30.3. The van der Waals surface area contributed by atoms with Crippen LogP contribution in [0.3, 0.4) is 0 Å². The highest BCUT2D eigenvalue weighted by Gasteiger charge is 2.31. The average Bonchev–Trinajstić information content (AvgIpc) is 2.91. The summed E-state index contributed by atoms with van der Waals surface area (Å²) in [6, 6.07) is 6.58. The number of halogens is 1. The number of nitrogens with one attached hydrogen (secondary N) is 1. The molecule has 2 fully saturated rings. The maximum atomic E-state index is 13.3. The van der Waals surface area contributed by atoms with Gasteiger partial charge < -0.3 is 15.1 Å². The third kappa shape index (κ3) is 8.24. The molecule has 4 rings (SSSR count). The minimum atomic E-state index is -3.53. The highest BCUT2D eigenvalue weighted by molar-refractivity contribution is 7.94. The van der Waals surface area contributed by atoms with E-state index in [4.69, 9.17) is 11.6 Å². The molecule has 230 valence electrons. The monoisotopic (exact) mass is 638 g/mol. The SMILES string of the molecule is CC1=C(N2CCC(CC(=O)N3CCN(S(C)(=O)=O)CC3)CC2)C(NC(=O)c2cccc(Cl)c2)=CC(S(C)(=O)=O)=CCC1. The molecular weight excluding hydrogens is 600 g/mol. The van der Waals surface area contributed by atoms with Crippen LogP contribution in [-0.2, 0) is 24.7 Å². The molecule has 2 amide bonds. The Balaban J connectivity index is 1.48. The van der Waals surface area contributed by atoms with Gasteiger partial charge in [-0.25, -0.2) is 16.8 Å². The molecule has 10 nitrogen and oxygen atoms in total. The molecule has 13 heteroatoms. The molecule has 0 unspecified atom stereocenters. The molecule has 1 aromatic carbocycles. The van der Waals surface area contributed by atoms with Gasteiger partial charge in [-0.3, -0.25) is 9.59 Å². The van der Waals surface area contributed by atoms with Gasteiger partial charge in [-0.1, -0.05) is 23.7 Å². The zero-order valence-corrected chi connectivity index (χ0v) is 26.7. The number of amides is 2. The Bertz CT molecular complexity index is 1520. The maximum absolute atomic E-state index is 13.3. The van der Waals surface area contributed by atoms with Crippen LogP contribution in [0.15, 0.2) is 58.3 Å². The molecular formula is C29H39ClN4O6S2. The molecule has 1 aromatic rings. The topological polar surface area (TPSA) is 124 Å². The molecule has 0 spiro atoms. The molecule has 1 N–H and O–H groups in total. The van der Waals surface area contributed by atoms with E-state index in [1.54, 1.807) is 41.3 Å². The fourth-order valence-electron chi connectivity index (χ4n) is 5.67. The first kappa shape index (κ1) is 32.2. The number of likely N-dealkylation sites (tertiary alicyclic amines) is 1. The molecule has 2 aliphatic heterocycles. The van der Waals surface area contributed by atoms with Crippen molar-refractivity contribution in [2.45, 2.75) is 39.0 Å². The van der Waals surface area contributed by atoms with E-state index in [-0.39, 0.29) is 22.6 Å². The Morgan fingerprint density at radius 3 is 2.26 bits per heavy atom. The lowest BCUT2D eigenvalue weighted by Gasteiger charge is -2.38. The van der Waals surface area contributed by atoms with Gasteiger partial charge in [0.1, 0.15) is 0 Å². The van der Waals surface area contributed by atoms with Crippen molar-refractivity contribution < 1.29 is 26.4 Å². The highest BCUT2D eigenvalue weighted by Crippen LogP contribution is 2.32. The first-order valence-corrected chi connectivity index (χ1v) is 18.2. The summed E-state index contributed by atoms with van der Waals surface area (Å²) in [6.45, 7) is 4.72. The predicted octanol–water partition coefficient (Wildman–Crippen LogP) is 3.16. The zero-order valence-electron chi connectivity index (χ0n) is 24.3. The van der Waals surface area contributed by atoms with Crippen LogP contribution in [0, 0.1) is 5.92 Å². The van der Waals surface area contributed by atoms with E-state index >= 15 is 0 Å². The van der Waals surface area contributed by atoms with Crippen molar-refractivity contribution >= 4 is 43.3 Å². The molecule has 0 bridgehead atoms. The lowest BCUT2D eigenvalue weighted by Crippen LogP contribution is -2.50. The van der Waals surface area contributed by atoms with E-state index in [9.17, 15) is 26.4 Å². The molecule has 0 saturated carbocycles. The van der Waals surface area contributed by atoms with Crippen LogP contribution in [-0.4, -0.2) is 94.5 Å². The number of benzene rings is 1. The van der Waals surface area contributed by atoms with Gasteiger partial charge >= 0.3 is 0 Å². The van der Waals surface area contributed by atoms with Crippen LogP contribution in [0.1, 0.15) is 49.4 Å². The minimum absolute atomic E-state index is 0.0419. The molecule has 2 saturated heterocycles. The van der Waals surface area contributed by atoms with Gasteiger partial charge in [0.2, 0.25) is 15.9 Å². The van der Waals surface area contributed by atoms with E-state index in [1.807, 2.05) is 6.92 Å². The Morgan fingerprint density at radius 2 is 1.67 bits per heavy atom. The molecule has 1 aliphatic carbocycles. The third-order valence-electron chi connectivity index (χ3n) is 8.03. The Kier molecular flexibility index (Phi) is 10.2. The van der Waals surface area contributed by atoms with Crippen molar-refractivity contribution in [1.29, 1.82) is 0 Å². The number of rotatable bonds is 7. The molecule has 0 atom stereocenters. The van der Waals surface area contributed by atoms with Gasteiger partial charge in [-0.15, -0.1) is 0 Å². The fourth-order valence-corrected chi connectivity index (χ4v) is 7.44. The number of allylic oxidation sites excluding steroid dienone is 3. The van der Waals surface area contributed by atoms with Crippen LogP contribution in [0.4, 0.5) is 0 Å². The fraction of sp³-hybridized carbons (Fsp3) is 0.517. The second kappa shape index (κ2) is 13.3. The maximum Gasteiger partial charge on any atom is 0.255 e. The van der Waals surface area contributed by atoms with E-state index in [0.717, 1.165) is 30.4 Å². The smallest absolute Gasteiger partial charge is 0.255 e. The summed E-state index contributed by atoms with van der Waals surface area (Å²) in [5, 5.41) is 3.38. The largest absolute Gasteiger partial charge is 0.370 e. The highest BCUT2D eigenvalue weighted by atomic mass is 35.5. The number of carbonyl (C=O) groups is 2. The Labute approximate surface area is 254 Å². The van der Waals surface area contributed by atoms with E-state index in [2.05, 4.69) is 10.2 Å². The number of hydrogen-bond donors (Lipinski definition) is 1. The Morgan fingerprint density at radius 1 is 1.00 bits per heavy atom. The van der Waals surface area contributed by atoms with Crippen molar-refractivity contribution in [3.8, 4) is 0 Å². The average molecular weight is 639 g/mol. The van der Waals surface area contributed by atoms with Gasteiger partial charge in [0.15, 0.2) is 9.84 Å². The van der Waals surface area contributed by atoms with Crippen molar-refractivity contribution in [3.05, 3.63) is 68.9 Å². The van der Waals surface area contributed by atoms with Crippen LogP contribution < -0.4 is 5.32 Å². The number of sulfone groups is 1. The number of nitrogens with zero attached hydrogens (tertiary/aromatic N) is 3. The lowest BCUT2D eigenvalue weighted by atomic mass is 9.91. The molecule has 0 aromatic heterocycles. The summed E-state index contributed by atoms with van der Waals surface area (Å²) in [6.07, 6.45) is 8.69. The second-order valence-corrected chi connectivity index (χ2v) is 15.7. The summed E-state index contributed by atoms with van der Waals surface area (Å²) in [7, 11) is -6.79. The minimum Gasteiger partial charge on any atom is -0.370 e.